The lowest BCUT2D eigenvalue weighted by molar-refractivity contribution is 0.102. The highest BCUT2D eigenvalue weighted by Gasteiger charge is 2.17. The van der Waals surface area contributed by atoms with Crippen LogP contribution in [0.4, 0.5) is 11.4 Å². The van der Waals surface area contributed by atoms with Crippen LogP contribution < -0.4 is 15.0 Å². The molecule has 0 atom stereocenters. The van der Waals surface area contributed by atoms with E-state index in [-0.39, 0.29) is 5.91 Å². The molecule has 3 aromatic carbocycles. The molecule has 1 aliphatic rings. The molecule has 1 fully saturated rings. The molecule has 1 amide bonds. The maximum absolute atomic E-state index is 12.9. The van der Waals surface area contributed by atoms with Gasteiger partial charge in [0.1, 0.15) is 12.4 Å². The highest BCUT2D eigenvalue weighted by Crippen LogP contribution is 2.25. The van der Waals surface area contributed by atoms with E-state index in [4.69, 9.17) is 4.74 Å². The number of nitrogens with one attached hydrogen (secondary N) is 1. The monoisotopic (exact) mass is 443 g/mol. The second-order valence-corrected chi connectivity index (χ2v) is 8.68. The van der Waals surface area contributed by atoms with E-state index in [1.165, 1.54) is 11.3 Å². The number of aryl methyl sites for hydroxylation is 2. The van der Waals surface area contributed by atoms with Gasteiger partial charge in [0, 0.05) is 43.1 Å². The van der Waals surface area contributed by atoms with Crippen LogP contribution in [-0.2, 0) is 6.61 Å². The van der Waals surface area contributed by atoms with Gasteiger partial charge in [0.05, 0.1) is 0 Å². The first-order chi connectivity index (χ1) is 16.0. The number of hydrogen-bond donors (Lipinski definition) is 1. The van der Waals surface area contributed by atoms with Gasteiger partial charge in [-0.05, 0) is 67.9 Å². The van der Waals surface area contributed by atoms with Crippen molar-refractivity contribution in [2.24, 2.45) is 0 Å². The van der Waals surface area contributed by atoms with E-state index in [1.807, 2.05) is 43.3 Å². The molecule has 33 heavy (non-hydrogen) atoms. The number of nitrogens with zero attached hydrogens (tertiary/aromatic N) is 2. The lowest BCUT2D eigenvalue weighted by Crippen LogP contribution is -2.46. The molecule has 0 aromatic heterocycles. The lowest BCUT2D eigenvalue weighted by atomic mass is 10.1. The largest absolute Gasteiger partial charge is 0.489 e. The summed E-state index contributed by atoms with van der Waals surface area (Å²) in [4.78, 5) is 17.8. The summed E-state index contributed by atoms with van der Waals surface area (Å²) < 4.78 is 5.92. The normalized spacial score (nSPS) is 14.2. The van der Waals surface area contributed by atoms with E-state index in [0.29, 0.717) is 17.9 Å². The molecule has 0 saturated carbocycles. The Hall–Kier alpha value is -3.31. The second kappa shape index (κ2) is 10.5. The molecule has 1 heterocycles. The van der Waals surface area contributed by atoms with Crippen molar-refractivity contribution in [1.82, 2.24) is 4.90 Å². The fraction of sp³-hybridized carbons (Fsp3) is 0.321. The third kappa shape index (κ3) is 5.93. The van der Waals surface area contributed by atoms with E-state index >= 15 is 0 Å². The minimum Gasteiger partial charge on any atom is -0.489 e. The van der Waals surface area contributed by atoms with Crippen molar-refractivity contribution in [2.75, 3.05) is 42.9 Å². The Bertz CT molecular complexity index is 1100. The summed E-state index contributed by atoms with van der Waals surface area (Å²) in [6.45, 7) is 12.2. The third-order valence-corrected chi connectivity index (χ3v) is 6.23. The second-order valence-electron chi connectivity index (χ2n) is 8.68. The SMILES string of the molecule is CCN1CCN(c2ccc(NC(=O)c3cccc(OCc4cccc(C)c4)c3)c(C)c2)CC1. The Morgan fingerprint density at radius 2 is 1.73 bits per heavy atom. The zero-order chi connectivity index (χ0) is 23.2. The van der Waals surface area contributed by atoms with Crippen molar-refractivity contribution < 1.29 is 9.53 Å². The van der Waals surface area contributed by atoms with E-state index in [0.717, 1.165) is 49.5 Å². The van der Waals surface area contributed by atoms with Gasteiger partial charge < -0.3 is 19.9 Å². The van der Waals surface area contributed by atoms with Crippen LogP contribution >= 0.6 is 0 Å². The molecule has 172 valence electrons. The fourth-order valence-electron chi connectivity index (χ4n) is 4.20. The summed E-state index contributed by atoms with van der Waals surface area (Å²) in [5.74, 6) is 0.547. The number of carbonyl (C=O) groups is 1. The van der Waals surface area contributed by atoms with Crippen molar-refractivity contribution in [3.63, 3.8) is 0 Å². The van der Waals surface area contributed by atoms with E-state index in [9.17, 15) is 4.79 Å². The first-order valence-electron chi connectivity index (χ1n) is 11.7. The molecule has 5 heteroatoms. The number of ether oxygens (including phenoxy) is 1. The van der Waals surface area contributed by atoms with Crippen LogP contribution in [0, 0.1) is 13.8 Å². The predicted octanol–water partition coefficient (Wildman–Crippen LogP) is 5.28. The molecule has 1 aliphatic heterocycles. The van der Waals surface area contributed by atoms with Gasteiger partial charge in [-0.3, -0.25) is 4.79 Å². The van der Waals surface area contributed by atoms with Crippen LogP contribution in [0.25, 0.3) is 0 Å². The predicted molar refractivity (Wildman–Crippen MR) is 135 cm³/mol. The highest BCUT2D eigenvalue weighted by atomic mass is 16.5. The summed E-state index contributed by atoms with van der Waals surface area (Å²) in [5.41, 5.74) is 6.00. The number of amides is 1. The van der Waals surface area contributed by atoms with Gasteiger partial charge in [0.2, 0.25) is 0 Å². The quantitative estimate of drug-likeness (QED) is 0.540. The number of piperazine rings is 1. The maximum Gasteiger partial charge on any atom is 0.255 e. The van der Waals surface area contributed by atoms with Gasteiger partial charge in [-0.25, -0.2) is 0 Å². The van der Waals surface area contributed by atoms with Crippen molar-refractivity contribution in [2.45, 2.75) is 27.4 Å². The van der Waals surface area contributed by atoms with Crippen molar-refractivity contribution in [1.29, 1.82) is 0 Å². The number of rotatable bonds is 7. The summed E-state index contributed by atoms with van der Waals surface area (Å²) in [5, 5.41) is 3.06. The molecular weight excluding hydrogens is 410 g/mol. The minimum atomic E-state index is -0.136. The van der Waals surface area contributed by atoms with E-state index in [1.54, 1.807) is 6.07 Å². The molecule has 5 nitrogen and oxygen atoms in total. The Labute approximate surface area is 197 Å². The Kier molecular flexibility index (Phi) is 7.30. The van der Waals surface area contributed by atoms with Gasteiger partial charge in [0.25, 0.3) is 5.91 Å². The average molecular weight is 444 g/mol. The van der Waals surface area contributed by atoms with Crippen LogP contribution in [0.5, 0.6) is 5.75 Å². The Morgan fingerprint density at radius 3 is 2.45 bits per heavy atom. The first-order valence-corrected chi connectivity index (χ1v) is 11.7. The van der Waals surface area contributed by atoms with Crippen LogP contribution in [0.2, 0.25) is 0 Å². The lowest BCUT2D eigenvalue weighted by Gasteiger charge is -2.35. The van der Waals surface area contributed by atoms with Crippen molar-refractivity contribution in [3.05, 3.63) is 89.0 Å². The zero-order valence-corrected chi connectivity index (χ0v) is 19.8. The highest BCUT2D eigenvalue weighted by molar-refractivity contribution is 6.05. The fourth-order valence-corrected chi connectivity index (χ4v) is 4.20. The summed E-state index contributed by atoms with van der Waals surface area (Å²) in [6, 6.07) is 21.8. The van der Waals surface area contributed by atoms with Crippen LogP contribution in [0.1, 0.15) is 34.0 Å². The molecule has 0 aliphatic carbocycles. The van der Waals surface area contributed by atoms with Crippen LogP contribution in [0.15, 0.2) is 66.7 Å². The summed E-state index contributed by atoms with van der Waals surface area (Å²) in [7, 11) is 0. The first kappa shape index (κ1) is 22.9. The maximum atomic E-state index is 12.9. The smallest absolute Gasteiger partial charge is 0.255 e. The zero-order valence-electron chi connectivity index (χ0n) is 19.8. The number of hydrogen-bond acceptors (Lipinski definition) is 4. The third-order valence-electron chi connectivity index (χ3n) is 6.23. The Balaban J connectivity index is 1.38. The van der Waals surface area contributed by atoms with Crippen LogP contribution in [0.3, 0.4) is 0 Å². The summed E-state index contributed by atoms with van der Waals surface area (Å²) in [6.07, 6.45) is 0. The Morgan fingerprint density at radius 1 is 0.939 bits per heavy atom. The van der Waals surface area contributed by atoms with Gasteiger partial charge >= 0.3 is 0 Å². The van der Waals surface area contributed by atoms with Gasteiger partial charge in [-0.15, -0.1) is 0 Å². The number of carbonyl (C=O) groups excluding carboxylic acids is 1. The van der Waals surface area contributed by atoms with Crippen molar-refractivity contribution >= 4 is 17.3 Å². The molecule has 0 radical (unpaired) electrons. The molecule has 1 saturated heterocycles. The molecule has 3 aromatic rings. The standard InChI is InChI=1S/C28H33N3O2/c1-4-30-13-15-31(16-14-30)25-11-12-27(22(3)18-25)29-28(32)24-9-6-10-26(19-24)33-20-23-8-5-7-21(2)17-23/h5-12,17-19H,4,13-16,20H2,1-3H3,(H,29,32). The molecule has 1 N–H and O–H groups in total. The minimum absolute atomic E-state index is 0.136. The molecule has 0 spiro atoms. The van der Waals surface area contributed by atoms with Crippen molar-refractivity contribution in [3.8, 4) is 5.75 Å². The summed E-state index contributed by atoms with van der Waals surface area (Å²) >= 11 is 0. The number of anilines is 2. The topological polar surface area (TPSA) is 44.8 Å². The number of benzene rings is 3. The van der Waals surface area contributed by atoms with Crippen LogP contribution in [-0.4, -0.2) is 43.5 Å². The van der Waals surface area contributed by atoms with Gasteiger partial charge in [0.15, 0.2) is 0 Å². The van der Waals surface area contributed by atoms with Gasteiger partial charge in [-0.2, -0.15) is 0 Å². The molecular formula is C28H33N3O2. The molecule has 0 unspecified atom stereocenters. The molecule has 0 bridgehead atoms. The van der Waals surface area contributed by atoms with E-state index in [2.05, 4.69) is 53.2 Å². The molecule has 4 rings (SSSR count). The number of likely N-dealkylation sites (N-methyl/N-ethyl adjacent to an activating group) is 1. The van der Waals surface area contributed by atoms with Gasteiger partial charge in [-0.1, -0.05) is 42.8 Å². The van der Waals surface area contributed by atoms with E-state index < -0.39 is 0 Å². The average Bonchev–Trinajstić information content (AvgIpc) is 2.84.